The van der Waals surface area contributed by atoms with Gasteiger partial charge in [0, 0.05) is 0 Å². The van der Waals surface area contributed by atoms with Gasteiger partial charge in [-0.1, -0.05) is 13.3 Å². The molecule has 0 aromatic rings. The van der Waals surface area contributed by atoms with Crippen LogP contribution in [0.5, 0.6) is 0 Å². The number of rotatable bonds is 2. The Hall–Kier alpha value is -0.0900. The van der Waals surface area contributed by atoms with E-state index in [0.29, 0.717) is 29.9 Å². The summed E-state index contributed by atoms with van der Waals surface area (Å²) in [6, 6.07) is 0. The van der Waals surface area contributed by atoms with Gasteiger partial charge < -0.3 is 5.73 Å². The number of hydrogen-bond donors (Lipinski definition) is 1. The van der Waals surface area contributed by atoms with Gasteiger partial charge in [-0.05, 0) is 24.8 Å². The largest absolute Gasteiger partial charge is 0.330 e. The van der Waals surface area contributed by atoms with Crippen LogP contribution in [0.25, 0.3) is 0 Å². The van der Waals surface area contributed by atoms with Gasteiger partial charge in [0.05, 0.1) is 11.5 Å². The van der Waals surface area contributed by atoms with Crippen molar-refractivity contribution in [3.63, 3.8) is 0 Å². The summed E-state index contributed by atoms with van der Waals surface area (Å²) in [6.45, 7) is 2.67. The van der Waals surface area contributed by atoms with E-state index in [9.17, 15) is 8.42 Å². The van der Waals surface area contributed by atoms with E-state index in [0.717, 1.165) is 12.8 Å². The third-order valence-electron chi connectivity index (χ3n) is 2.76. The van der Waals surface area contributed by atoms with Crippen LogP contribution < -0.4 is 5.73 Å². The highest BCUT2D eigenvalue weighted by atomic mass is 32.2. The number of hydrogen-bond acceptors (Lipinski definition) is 3. The Morgan fingerprint density at radius 1 is 1.42 bits per heavy atom. The first kappa shape index (κ1) is 9.99. The van der Waals surface area contributed by atoms with Crippen molar-refractivity contribution < 1.29 is 8.42 Å². The molecule has 1 fully saturated rings. The van der Waals surface area contributed by atoms with Crippen LogP contribution in [0.2, 0.25) is 0 Å². The zero-order valence-electron chi connectivity index (χ0n) is 7.49. The molecule has 0 saturated carbocycles. The summed E-state index contributed by atoms with van der Waals surface area (Å²) >= 11 is 0. The van der Waals surface area contributed by atoms with Crippen LogP contribution in [0.15, 0.2) is 0 Å². The van der Waals surface area contributed by atoms with Crippen molar-refractivity contribution >= 4 is 9.84 Å². The Labute approximate surface area is 74.3 Å². The summed E-state index contributed by atoms with van der Waals surface area (Å²) in [5, 5.41) is 0. The van der Waals surface area contributed by atoms with Crippen molar-refractivity contribution in [2.45, 2.75) is 19.8 Å². The van der Waals surface area contributed by atoms with Crippen molar-refractivity contribution in [3.05, 3.63) is 0 Å². The Balaban J connectivity index is 2.66. The van der Waals surface area contributed by atoms with E-state index in [-0.39, 0.29) is 0 Å². The van der Waals surface area contributed by atoms with Gasteiger partial charge >= 0.3 is 0 Å². The maximum atomic E-state index is 11.2. The highest BCUT2D eigenvalue weighted by molar-refractivity contribution is 7.91. The fourth-order valence-corrected chi connectivity index (χ4v) is 3.86. The second-order valence-electron chi connectivity index (χ2n) is 3.57. The van der Waals surface area contributed by atoms with Crippen molar-refractivity contribution in [1.29, 1.82) is 0 Å². The lowest BCUT2D eigenvalue weighted by molar-refractivity contribution is 0.333. The van der Waals surface area contributed by atoms with Crippen LogP contribution >= 0.6 is 0 Å². The van der Waals surface area contributed by atoms with Gasteiger partial charge in [0.15, 0.2) is 9.84 Å². The molecule has 2 atom stereocenters. The molecule has 72 valence electrons. The topological polar surface area (TPSA) is 60.2 Å². The van der Waals surface area contributed by atoms with E-state index >= 15 is 0 Å². The summed E-state index contributed by atoms with van der Waals surface area (Å²) in [5.74, 6) is 1.42. The Morgan fingerprint density at radius 2 is 2.08 bits per heavy atom. The zero-order chi connectivity index (χ0) is 9.19. The highest BCUT2D eigenvalue weighted by Gasteiger charge is 2.30. The SMILES string of the molecule is CCC1CS(=O)(=O)CCC1CN. The molecule has 0 amide bonds. The molecular formula is C8H17NO2S. The Bertz CT molecular complexity index is 235. The normalized spacial score (nSPS) is 34.8. The van der Waals surface area contributed by atoms with E-state index in [1.165, 1.54) is 0 Å². The molecule has 2 N–H and O–H groups in total. The van der Waals surface area contributed by atoms with Crippen LogP contribution in [0.1, 0.15) is 19.8 Å². The summed E-state index contributed by atoms with van der Waals surface area (Å²) in [5.41, 5.74) is 5.56. The van der Waals surface area contributed by atoms with Crippen molar-refractivity contribution in [2.75, 3.05) is 18.1 Å². The van der Waals surface area contributed by atoms with E-state index in [4.69, 9.17) is 5.73 Å². The van der Waals surface area contributed by atoms with Crippen LogP contribution in [-0.4, -0.2) is 26.5 Å². The molecule has 1 rings (SSSR count). The minimum atomic E-state index is -2.74. The van der Waals surface area contributed by atoms with Crippen molar-refractivity contribution in [1.82, 2.24) is 0 Å². The van der Waals surface area contributed by atoms with Gasteiger partial charge in [-0.2, -0.15) is 0 Å². The zero-order valence-corrected chi connectivity index (χ0v) is 8.31. The maximum Gasteiger partial charge on any atom is 0.150 e. The van der Waals surface area contributed by atoms with E-state index in [1.54, 1.807) is 0 Å². The molecule has 12 heavy (non-hydrogen) atoms. The molecule has 0 radical (unpaired) electrons. The summed E-state index contributed by atoms with van der Waals surface area (Å²) in [7, 11) is -2.74. The maximum absolute atomic E-state index is 11.2. The second-order valence-corrected chi connectivity index (χ2v) is 5.80. The molecule has 0 bridgehead atoms. The molecule has 3 nitrogen and oxygen atoms in total. The molecule has 0 aromatic heterocycles. The Morgan fingerprint density at radius 3 is 2.58 bits per heavy atom. The van der Waals surface area contributed by atoms with Gasteiger partial charge in [0.1, 0.15) is 0 Å². The predicted molar refractivity (Wildman–Crippen MR) is 49.6 cm³/mol. The lowest BCUT2D eigenvalue weighted by Gasteiger charge is -2.29. The van der Waals surface area contributed by atoms with E-state index in [2.05, 4.69) is 0 Å². The standard InChI is InChI=1S/C8H17NO2S/c1-2-7-6-12(10,11)4-3-8(7)5-9/h7-8H,2-6,9H2,1H3. The molecule has 1 aliphatic rings. The average Bonchev–Trinajstić information content (AvgIpc) is 2.03. The third kappa shape index (κ3) is 2.20. The van der Waals surface area contributed by atoms with Crippen molar-refractivity contribution in [3.8, 4) is 0 Å². The van der Waals surface area contributed by atoms with Gasteiger partial charge in [0.2, 0.25) is 0 Å². The van der Waals surface area contributed by atoms with Gasteiger partial charge in [-0.3, -0.25) is 0 Å². The number of nitrogens with two attached hydrogens (primary N) is 1. The smallest absolute Gasteiger partial charge is 0.150 e. The van der Waals surface area contributed by atoms with Gasteiger partial charge in [-0.25, -0.2) is 8.42 Å². The molecule has 0 aliphatic carbocycles. The lowest BCUT2D eigenvalue weighted by atomic mass is 9.89. The Kier molecular flexibility index (Phi) is 3.12. The van der Waals surface area contributed by atoms with Crippen molar-refractivity contribution in [2.24, 2.45) is 17.6 Å². The quantitative estimate of drug-likeness (QED) is 0.687. The van der Waals surface area contributed by atoms with Gasteiger partial charge in [0.25, 0.3) is 0 Å². The molecule has 0 spiro atoms. The van der Waals surface area contributed by atoms with Crippen LogP contribution in [0.3, 0.4) is 0 Å². The van der Waals surface area contributed by atoms with E-state index < -0.39 is 9.84 Å². The molecular weight excluding hydrogens is 174 g/mol. The van der Waals surface area contributed by atoms with Crippen LogP contribution in [0, 0.1) is 11.8 Å². The first-order valence-corrected chi connectivity index (χ1v) is 6.31. The molecule has 0 aromatic carbocycles. The highest BCUT2D eigenvalue weighted by Crippen LogP contribution is 2.26. The summed E-state index contributed by atoms with van der Waals surface area (Å²) in [4.78, 5) is 0. The first-order valence-electron chi connectivity index (χ1n) is 4.49. The average molecular weight is 191 g/mol. The monoisotopic (exact) mass is 191 g/mol. The number of sulfone groups is 1. The fourth-order valence-electron chi connectivity index (χ4n) is 1.87. The summed E-state index contributed by atoms with van der Waals surface area (Å²) < 4.78 is 22.5. The molecule has 4 heteroatoms. The molecule has 1 aliphatic heterocycles. The van der Waals surface area contributed by atoms with Gasteiger partial charge in [-0.15, -0.1) is 0 Å². The predicted octanol–water partition coefficient (Wildman–Crippen LogP) is 0.406. The minimum Gasteiger partial charge on any atom is -0.330 e. The lowest BCUT2D eigenvalue weighted by Crippen LogP contribution is -2.36. The third-order valence-corrected chi connectivity index (χ3v) is 4.56. The molecule has 1 heterocycles. The fraction of sp³-hybridized carbons (Fsp3) is 1.00. The first-order chi connectivity index (χ1) is 5.59. The van der Waals surface area contributed by atoms with E-state index in [1.807, 2.05) is 6.92 Å². The summed E-state index contributed by atoms with van der Waals surface area (Å²) in [6.07, 6.45) is 1.69. The van der Waals surface area contributed by atoms with Crippen LogP contribution in [-0.2, 0) is 9.84 Å². The molecule has 2 unspecified atom stereocenters. The second kappa shape index (κ2) is 3.75. The molecule has 1 saturated heterocycles. The van der Waals surface area contributed by atoms with Crippen LogP contribution in [0.4, 0.5) is 0 Å². The minimum absolute atomic E-state index is 0.300.